The maximum atomic E-state index is 12.6. The number of aromatic nitrogens is 2. The predicted molar refractivity (Wildman–Crippen MR) is 84.0 cm³/mol. The van der Waals surface area contributed by atoms with E-state index in [9.17, 15) is 4.39 Å². The average Bonchev–Trinajstić information content (AvgIpc) is 2.92. The van der Waals surface area contributed by atoms with Crippen LogP contribution in [0, 0.1) is 5.82 Å². The lowest BCUT2D eigenvalue weighted by molar-refractivity contribution is 0.0567. The fourth-order valence-corrected chi connectivity index (χ4v) is 3.62. The molecule has 0 saturated carbocycles. The number of fused-ring (bicyclic) bond motifs is 1. The van der Waals surface area contributed by atoms with Crippen molar-refractivity contribution in [2.75, 3.05) is 6.54 Å². The molecule has 3 heterocycles. The van der Waals surface area contributed by atoms with Gasteiger partial charge in [-0.2, -0.15) is 0 Å². The summed E-state index contributed by atoms with van der Waals surface area (Å²) in [6.45, 7) is 7.98. The van der Waals surface area contributed by atoms with Gasteiger partial charge in [-0.15, -0.1) is 0 Å². The van der Waals surface area contributed by atoms with Crippen molar-refractivity contribution in [3.05, 3.63) is 23.0 Å². The van der Waals surface area contributed by atoms with E-state index in [4.69, 9.17) is 11.6 Å². The minimum Gasteiger partial charge on any atom is -0.295 e. The first-order chi connectivity index (χ1) is 9.94. The van der Waals surface area contributed by atoms with Gasteiger partial charge in [0.05, 0.1) is 11.9 Å². The van der Waals surface area contributed by atoms with Crippen molar-refractivity contribution in [2.24, 2.45) is 0 Å². The molecule has 2 fully saturated rings. The van der Waals surface area contributed by atoms with Gasteiger partial charge >= 0.3 is 0 Å². The zero-order chi connectivity index (χ0) is 15.5. The van der Waals surface area contributed by atoms with E-state index in [2.05, 4.69) is 28.7 Å². The van der Waals surface area contributed by atoms with Crippen molar-refractivity contribution in [2.45, 2.75) is 70.9 Å². The molecule has 3 rings (SSSR count). The fraction of sp³-hybridized carbons (Fsp3) is 0.750. The van der Waals surface area contributed by atoms with E-state index >= 15 is 0 Å². The first kappa shape index (κ1) is 16.6. The lowest BCUT2D eigenvalue weighted by Crippen LogP contribution is -2.49. The highest BCUT2D eigenvalue weighted by atomic mass is 35.5. The third-order valence-electron chi connectivity index (χ3n) is 4.60. The van der Waals surface area contributed by atoms with Gasteiger partial charge in [-0.25, -0.2) is 14.4 Å². The summed E-state index contributed by atoms with van der Waals surface area (Å²) >= 11 is 5.41. The maximum absolute atomic E-state index is 12.6. The van der Waals surface area contributed by atoms with Crippen LogP contribution in [0.1, 0.15) is 58.6 Å². The van der Waals surface area contributed by atoms with E-state index in [1.165, 1.54) is 38.6 Å². The molecule has 2 aliphatic heterocycles. The zero-order valence-corrected chi connectivity index (χ0v) is 14.0. The lowest BCUT2D eigenvalue weighted by atomic mass is 9.87. The second-order valence-corrected chi connectivity index (χ2v) is 6.82. The molecule has 1 aromatic heterocycles. The molecule has 0 aliphatic carbocycles. The van der Waals surface area contributed by atoms with E-state index < -0.39 is 5.82 Å². The fourth-order valence-electron chi connectivity index (χ4n) is 3.47. The molecule has 0 amide bonds. The average molecular weight is 314 g/mol. The van der Waals surface area contributed by atoms with Gasteiger partial charge in [0.15, 0.2) is 5.82 Å². The van der Waals surface area contributed by atoms with Gasteiger partial charge in [0.25, 0.3) is 0 Å². The van der Waals surface area contributed by atoms with Crippen molar-refractivity contribution in [1.82, 2.24) is 14.9 Å². The molecular formula is C16H25ClFN3. The molecule has 2 aliphatic rings. The highest BCUT2D eigenvalue weighted by Gasteiger charge is 2.38. The van der Waals surface area contributed by atoms with Crippen molar-refractivity contribution in [3.63, 3.8) is 0 Å². The van der Waals surface area contributed by atoms with Gasteiger partial charge in [0.1, 0.15) is 0 Å². The number of hydrogen-bond donors (Lipinski definition) is 0. The number of rotatable bonds is 1. The predicted octanol–water partition coefficient (Wildman–Crippen LogP) is 4.24. The minimum atomic E-state index is -0.396. The SMILES string of the molecule is CC1(C)CCCC2CCCN21.CCc1nc(Cl)ncc1F. The number of piperidine rings is 1. The first-order valence-corrected chi connectivity index (χ1v) is 8.25. The lowest BCUT2D eigenvalue weighted by Gasteiger charge is -2.44. The number of hydrogen-bond acceptors (Lipinski definition) is 3. The van der Waals surface area contributed by atoms with Crippen molar-refractivity contribution < 1.29 is 4.39 Å². The van der Waals surface area contributed by atoms with Crippen LogP contribution in [0.3, 0.4) is 0 Å². The Kier molecular flexibility index (Phi) is 5.55. The Morgan fingerprint density at radius 2 is 2.10 bits per heavy atom. The maximum Gasteiger partial charge on any atom is 0.222 e. The van der Waals surface area contributed by atoms with Crippen molar-refractivity contribution in [3.8, 4) is 0 Å². The quantitative estimate of drug-likeness (QED) is 0.726. The summed E-state index contributed by atoms with van der Waals surface area (Å²) in [5.41, 5.74) is 0.874. The highest BCUT2D eigenvalue weighted by Crippen LogP contribution is 2.36. The molecule has 5 heteroatoms. The van der Waals surface area contributed by atoms with E-state index in [0.29, 0.717) is 17.7 Å². The van der Waals surface area contributed by atoms with E-state index in [0.717, 1.165) is 12.2 Å². The van der Waals surface area contributed by atoms with Crippen molar-refractivity contribution >= 4 is 11.6 Å². The molecular weight excluding hydrogens is 289 g/mol. The molecule has 0 N–H and O–H groups in total. The summed E-state index contributed by atoms with van der Waals surface area (Å²) in [5.74, 6) is -0.396. The van der Waals surface area contributed by atoms with Crippen LogP contribution in [0.4, 0.5) is 4.39 Å². The second-order valence-electron chi connectivity index (χ2n) is 6.48. The van der Waals surface area contributed by atoms with Crippen molar-refractivity contribution in [1.29, 1.82) is 0 Å². The van der Waals surface area contributed by atoms with Crippen LogP contribution in [0.5, 0.6) is 0 Å². The van der Waals surface area contributed by atoms with Crippen LogP contribution >= 0.6 is 11.6 Å². The van der Waals surface area contributed by atoms with Gasteiger partial charge in [0, 0.05) is 11.6 Å². The Morgan fingerprint density at radius 3 is 2.71 bits per heavy atom. The molecule has 3 nitrogen and oxygen atoms in total. The van der Waals surface area contributed by atoms with Gasteiger partial charge in [-0.05, 0) is 64.1 Å². The summed E-state index contributed by atoms with van der Waals surface area (Å²) in [5, 5.41) is 0.0956. The monoisotopic (exact) mass is 313 g/mol. The molecule has 0 aromatic carbocycles. The molecule has 0 bridgehead atoms. The molecule has 0 radical (unpaired) electrons. The van der Waals surface area contributed by atoms with Gasteiger partial charge in [-0.1, -0.05) is 13.3 Å². The number of aryl methyl sites for hydroxylation is 1. The Balaban J connectivity index is 0.000000155. The molecule has 2 saturated heterocycles. The molecule has 1 unspecified atom stereocenters. The zero-order valence-electron chi connectivity index (χ0n) is 13.2. The van der Waals surface area contributed by atoms with E-state index in [-0.39, 0.29) is 5.28 Å². The van der Waals surface area contributed by atoms with Gasteiger partial charge in [-0.3, -0.25) is 4.90 Å². The topological polar surface area (TPSA) is 29.0 Å². The van der Waals surface area contributed by atoms with Gasteiger partial charge in [0.2, 0.25) is 5.28 Å². The summed E-state index contributed by atoms with van der Waals surface area (Å²) in [6, 6.07) is 0.943. The van der Waals surface area contributed by atoms with Gasteiger partial charge < -0.3 is 0 Å². The summed E-state index contributed by atoms with van der Waals surface area (Å²) in [4.78, 5) is 9.87. The van der Waals surface area contributed by atoms with Crippen LogP contribution in [0.2, 0.25) is 5.28 Å². The van der Waals surface area contributed by atoms with E-state index in [1.807, 2.05) is 6.92 Å². The molecule has 21 heavy (non-hydrogen) atoms. The normalized spacial score (nSPS) is 24.1. The Hall–Kier alpha value is -0.740. The minimum absolute atomic E-state index is 0.0956. The Labute approximate surface area is 131 Å². The summed E-state index contributed by atoms with van der Waals surface area (Å²) < 4.78 is 12.6. The molecule has 118 valence electrons. The standard InChI is InChI=1S/C10H19N.C6H6ClFN2/c1-10(2)7-3-5-9-6-4-8-11(9)10;1-2-5-4(8)3-9-6(7)10-5/h9H,3-8H2,1-2H3;3H,2H2,1H3. The van der Waals surface area contributed by atoms with Crippen LogP contribution in [0.15, 0.2) is 6.20 Å². The summed E-state index contributed by atoms with van der Waals surface area (Å²) in [6.07, 6.45) is 8.83. The Morgan fingerprint density at radius 1 is 1.38 bits per heavy atom. The Bertz CT molecular complexity index is 479. The molecule has 1 aromatic rings. The third-order valence-corrected chi connectivity index (χ3v) is 4.78. The number of halogens is 2. The van der Waals surface area contributed by atoms with Crippen LogP contribution in [-0.2, 0) is 6.42 Å². The third kappa shape index (κ3) is 4.13. The van der Waals surface area contributed by atoms with E-state index in [1.54, 1.807) is 0 Å². The van der Waals surface area contributed by atoms with Crippen LogP contribution < -0.4 is 0 Å². The summed E-state index contributed by atoms with van der Waals surface area (Å²) in [7, 11) is 0. The first-order valence-electron chi connectivity index (χ1n) is 7.87. The second kappa shape index (κ2) is 7.01. The smallest absolute Gasteiger partial charge is 0.222 e. The number of nitrogens with zero attached hydrogens (tertiary/aromatic N) is 3. The van der Waals surface area contributed by atoms with Crippen LogP contribution in [0.25, 0.3) is 0 Å². The molecule has 0 spiro atoms. The van der Waals surface area contributed by atoms with Crippen LogP contribution in [-0.4, -0.2) is 33.0 Å². The highest BCUT2D eigenvalue weighted by molar-refractivity contribution is 6.28. The largest absolute Gasteiger partial charge is 0.295 e. The molecule has 1 atom stereocenters.